The van der Waals surface area contributed by atoms with Crippen molar-refractivity contribution < 1.29 is 14.3 Å². The van der Waals surface area contributed by atoms with Crippen molar-refractivity contribution in [1.82, 2.24) is 4.57 Å². The molecule has 1 aromatic heterocycles. The maximum Gasteiger partial charge on any atom is 0.268 e. The standard InChI is InChI=1S/C20H24BrNO4S/c1-7-26-14-9-12(8-13(21)18(14)25-6)10-15-19(24)22(5)17(27-15)11-16(23)20(2,3)4/h8-11H,7H2,1-6H3/b15-10+,17-11-. The molecule has 0 amide bonds. The van der Waals surface area contributed by atoms with Crippen LogP contribution in [0.2, 0.25) is 0 Å². The van der Waals surface area contributed by atoms with E-state index >= 15 is 0 Å². The number of carbonyl (C=O) groups excluding carboxylic acids is 1. The lowest BCUT2D eigenvalue weighted by Crippen LogP contribution is -2.30. The molecule has 0 unspecified atom stereocenters. The minimum Gasteiger partial charge on any atom is -0.492 e. The normalized spacial score (nSPS) is 13.1. The molecule has 0 radical (unpaired) electrons. The largest absolute Gasteiger partial charge is 0.492 e. The van der Waals surface area contributed by atoms with Gasteiger partial charge >= 0.3 is 0 Å². The van der Waals surface area contributed by atoms with Gasteiger partial charge in [0.05, 0.1) is 22.7 Å². The molecule has 146 valence electrons. The van der Waals surface area contributed by atoms with E-state index in [1.54, 1.807) is 26.3 Å². The van der Waals surface area contributed by atoms with Gasteiger partial charge in [0.1, 0.15) is 4.66 Å². The fourth-order valence-electron chi connectivity index (χ4n) is 2.32. The second-order valence-corrected chi connectivity index (χ2v) is 8.96. The number of halogens is 1. The number of carbonyl (C=O) groups is 1. The van der Waals surface area contributed by atoms with Gasteiger partial charge in [-0.1, -0.05) is 20.8 Å². The van der Waals surface area contributed by atoms with Crippen molar-refractivity contribution in [2.75, 3.05) is 13.7 Å². The van der Waals surface area contributed by atoms with Gasteiger partial charge in [-0.15, -0.1) is 11.3 Å². The van der Waals surface area contributed by atoms with E-state index < -0.39 is 5.41 Å². The van der Waals surface area contributed by atoms with E-state index in [1.807, 2.05) is 39.8 Å². The van der Waals surface area contributed by atoms with E-state index in [-0.39, 0.29) is 11.3 Å². The number of thiazole rings is 1. The number of nitrogens with zero attached hydrogens (tertiary/aromatic N) is 1. The van der Waals surface area contributed by atoms with Gasteiger partial charge in [-0.05, 0) is 46.6 Å². The van der Waals surface area contributed by atoms with Crippen LogP contribution in [-0.4, -0.2) is 24.1 Å². The molecule has 0 aliphatic carbocycles. The molecule has 1 heterocycles. The average Bonchev–Trinajstić information content (AvgIpc) is 2.82. The Bertz CT molecular complexity index is 1030. The number of hydrogen-bond donors (Lipinski definition) is 0. The van der Waals surface area contributed by atoms with Gasteiger partial charge in [-0.3, -0.25) is 9.59 Å². The molecule has 5 nitrogen and oxygen atoms in total. The molecule has 1 aromatic carbocycles. The van der Waals surface area contributed by atoms with Gasteiger partial charge in [-0.25, -0.2) is 0 Å². The molecule has 0 saturated carbocycles. The lowest BCUT2D eigenvalue weighted by molar-refractivity contribution is -0.120. The quantitative estimate of drug-likeness (QED) is 0.698. The molecule has 0 atom stereocenters. The Labute approximate surface area is 171 Å². The fraction of sp³-hybridized carbons (Fsp3) is 0.400. The fourth-order valence-corrected chi connectivity index (χ4v) is 3.97. The highest BCUT2D eigenvalue weighted by Crippen LogP contribution is 2.36. The molecule has 7 heteroatoms. The van der Waals surface area contributed by atoms with Gasteiger partial charge in [0.15, 0.2) is 17.3 Å². The monoisotopic (exact) mass is 453 g/mol. The highest BCUT2D eigenvalue weighted by molar-refractivity contribution is 9.10. The van der Waals surface area contributed by atoms with Crippen LogP contribution in [0.4, 0.5) is 0 Å². The summed E-state index contributed by atoms with van der Waals surface area (Å²) in [7, 11) is 3.25. The highest BCUT2D eigenvalue weighted by Gasteiger charge is 2.19. The van der Waals surface area contributed by atoms with Crippen LogP contribution in [-0.2, 0) is 11.8 Å². The van der Waals surface area contributed by atoms with E-state index in [2.05, 4.69) is 15.9 Å². The summed E-state index contributed by atoms with van der Waals surface area (Å²) >= 11 is 4.77. The zero-order valence-electron chi connectivity index (χ0n) is 16.4. The lowest BCUT2D eigenvalue weighted by atomic mass is 9.91. The van der Waals surface area contributed by atoms with E-state index in [4.69, 9.17) is 9.47 Å². The van der Waals surface area contributed by atoms with Crippen molar-refractivity contribution in [3.05, 3.63) is 41.7 Å². The van der Waals surface area contributed by atoms with E-state index in [0.717, 1.165) is 10.0 Å². The van der Waals surface area contributed by atoms with Gasteiger partial charge < -0.3 is 14.0 Å². The Morgan fingerprint density at radius 3 is 2.56 bits per heavy atom. The van der Waals surface area contributed by atoms with Crippen LogP contribution in [0.15, 0.2) is 21.4 Å². The molecule has 0 saturated heterocycles. The van der Waals surface area contributed by atoms with Crippen molar-refractivity contribution in [3.63, 3.8) is 0 Å². The van der Waals surface area contributed by atoms with E-state index in [9.17, 15) is 9.59 Å². The SMILES string of the molecule is CCOc1cc(/C=c2/s/c(=C\C(=O)C(C)(C)C)n(C)c2=O)cc(Br)c1OC. The first kappa shape index (κ1) is 21.4. The van der Waals surface area contributed by atoms with Crippen molar-refractivity contribution in [2.24, 2.45) is 12.5 Å². The number of ether oxygens (including phenoxy) is 2. The maximum atomic E-state index is 12.6. The second-order valence-electron chi connectivity index (χ2n) is 7.04. The molecule has 2 rings (SSSR count). The number of ketones is 1. The van der Waals surface area contributed by atoms with Crippen LogP contribution in [0, 0.1) is 5.41 Å². The maximum absolute atomic E-state index is 12.6. The second kappa shape index (κ2) is 8.44. The summed E-state index contributed by atoms with van der Waals surface area (Å²) in [6.07, 6.45) is 3.33. The van der Waals surface area contributed by atoms with Gasteiger partial charge in [0.2, 0.25) is 0 Å². The summed E-state index contributed by atoms with van der Waals surface area (Å²) in [5, 5.41) is 0. The van der Waals surface area contributed by atoms with Crippen LogP contribution < -0.4 is 24.2 Å². The van der Waals surface area contributed by atoms with Gasteiger partial charge in [-0.2, -0.15) is 0 Å². The predicted octanol–water partition coefficient (Wildman–Crippen LogP) is 2.84. The summed E-state index contributed by atoms with van der Waals surface area (Å²) in [6, 6.07) is 3.69. The Kier molecular flexibility index (Phi) is 6.70. The molecule has 27 heavy (non-hydrogen) atoms. The number of rotatable bonds is 5. The number of aromatic nitrogens is 1. The molecular formula is C20H24BrNO4S. The third kappa shape index (κ3) is 4.90. The van der Waals surface area contributed by atoms with E-state index in [0.29, 0.717) is 27.3 Å². The first-order valence-electron chi connectivity index (χ1n) is 8.52. The summed E-state index contributed by atoms with van der Waals surface area (Å²) in [5.41, 5.74) is 0.175. The van der Waals surface area contributed by atoms with Gasteiger partial charge in [0.25, 0.3) is 5.56 Å². The molecule has 0 fully saturated rings. The van der Waals surface area contributed by atoms with Crippen molar-refractivity contribution in [1.29, 1.82) is 0 Å². The summed E-state index contributed by atoms with van der Waals surface area (Å²) in [6.45, 7) is 7.96. The predicted molar refractivity (Wildman–Crippen MR) is 113 cm³/mol. The number of hydrogen-bond acceptors (Lipinski definition) is 5. The third-order valence-electron chi connectivity index (χ3n) is 3.89. The number of methoxy groups -OCH3 is 1. The van der Waals surface area contributed by atoms with Gasteiger partial charge in [0, 0.05) is 18.5 Å². The van der Waals surface area contributed by atoms with Crippen LogP contribution in [0.1, 0.15) is 33.3 Å². The van der Waals surface area contributed by atoms with E-state index in [1.165, 1.54) is 15.9 Å². The first-order valence-corrected chi connectivity index (χ1v) is 10.1. The molecule has 0 aliphatic rings. The topological polar surface area (TPSA) is 57.5 Å². The first-order chi connectivity index (χ1) is 12.6. The van der Waals surface area contributed by atoms with Crippen LogP contribution in [0.3, 0.4) is 0 Å². The molecule has 0 N–H and O–H groups in total. The lowest BCUT2D eigenvalue weighted by Gasteiger charge is -2.12. The summed E-state index contributed by atoms with van der Waals surface area (Å²) in [4.78, 5) is 24.9. The average molecular weight is 454 g/mol. The zero-order valence-corrected chi connectivity index (χ0v) is 18.8. The zero-order chi connectivity index (χ0) is 20.4. The molecule has 2 aromatic rings. The van der Waals surface area contributed by atoms with Crippen molar-refractivity contribution in [2.45, 2.75) is 27.7 Å². The Morgan fingerprint density at radius 2 is 2.00 bits per heavy atom. The summed E-state index contributed by atoms with van der Waals surface area (Å²) < 4.78 is 14.4. The minimum absolute atomic E-state index is 0.0169. The Hall–Kier alpha value is -1.86. The van der Waals surface area contributed by atoms with Crippen LogP contribution in [0.25, 0.3) is 12.2 Å². The Morgan fingerprint density at radius 1 is 1.33 bits per heavy atom. The van der Waals surface area contributed by atoms with Crippen molar-refractivity contribution >= 4 is 45.2 Å². The van der Waals surface area contributed by atoms with Crippen LogP contribution in [0.5, 0.6) is 11.5 Å². The minimum atomic E-state index is -0.489. The molecular weight excluding hydrogens is 430 g/mol. The molecule has 0 aliphatic heterocycles. The molecule has 0 spiro atoms. The number of benzene rings is 1. The third-order valence-corrected chi connectivity index (χ3v) is 5.59. The van der Waals surface area contributed by atoms with Crippen LogP contribution >= 0.6 is 27.3 Å². The molecule has 0 bridgehead atoms. The highest BCUT2D eigenvalue weighted by atomic mass is 79.9. The smallest absolute Gasteiger partial charge is 0.268 e. The number of Topliss-reactive ketones (excluding diaryl/α,β-unsaturated/α-hetero) is 1. The Balaban J connectivity index is 2.62. The van der Waals surface area contributed by atoms with Crippen molar-refractivity contribution in [3.8, 4) is 11.5 Å². The summed E-state index contributed by atoms with van der Waals surface area (Å²) in [5.74, 6) is 1.19.